The highest BCUT2D eigenvalue weighted by Gasteiger charge is 2.55. The Kier molecular flexibility index (Phi) is 3.76. The van der Waals surface area contributed by atoms with Gasteiger partial charge in [-0.15, -0.1) is 0 Å². The first-order valence-electron chi connectivity index (χ1n) is 10.0. The third-order valence-corrected chi connectivity index (χ3v) is 6.80. The molecule has 3 heterocycles. The van der Waals surface area contributed by atoms with Crippen LogP contribution in [0.3, 0.4) is 0 Å². The number of benzene rings is 1. The Bertz CT molecular complexity index is 967. The molecule has 1 spiro atoms. The molecule has 0 unspecified atom stereocenters. The van der Waals surface area contributed by atoms with E-state index in [-0.39, 0.29) is 17.7 Å². The number of carbonyl (C=O) groups excluding carboxylic acids is 2. The number of rotatable bonds is 2. The molecule has 3 aliphatic rings. The fraction of sp³-hybridized carbons (Fsp3) is 0.476. The number of aryl methyl sites for hydroxylation is 1. The summed E-state index contributed by atoms with van der Waals surface area (Å²) in [7, 11) is 0. The zero-order valence-corrected chi connectivity index (χ0v) is 16.2. The highest BCUT2D eigenvalue weighted by molar-refractivity contribution is 6.02. The number of likely N-dealkylation sites (tertiary alicyclic amines) is 1. The third kappa shape index (κ3) is 2.38. The molecule has 1 aromatic carbocycles. The van der Waals surface area contributed by atoms with Crippen LogP contribution in [-0.2, 0) is 6.42 Å². The molecule has 2 amide bonds. The quantitative estimate of drug-likeness (QED) is 0.747. The molecule has 0 radical (unpaired) electrons. The molecule has 7 nitrogen and oxygen atoms in total. The molecule has 1 saturated carbocycles. The van der Waals surface area contributed by atoms with Crippen LogP contribution < -0.4 is 10.6 Å². The Labute approximate surface area is 163 Å². The third-order valence-electron chi connectivity index (χ3n) is 6.80. The molecule has 1 saturated heterocycles. The summed E-state index contributed by atoms with van der Waals surface area (Å²) in [4.78, 5) is 27.7. The standard InChI is InChI=1S/C21H25N5O2/c1-3-16-12(2)18(25-24-16)20(28)26-10-13-8-9-21(15(13)11-26)22-17-7-5-4-6-14(17)19(27)23-21/h4-7,13,15,22H,3,8-11H2,1-2H3,(H,23,27)(H,24,25)/t13-,15+,21+/m1/s1. The number of nitrogens with one attached hydrogen (secondary N) is 3. The molecule has 3 atom stereocenters. The number of aromatic amines is 1. The summed E-state index contributed by atoms with van der Waals surface area (Å²) in [5, 5.41) is 14.1. The zero-order chi connectivity index (χ0) is 19.5. The lowest BCUT2D eigenvalue weighted by molar-refractivity contribution is 0.0761. The Hall–Kier alpha value is -2.83. The number of carbonyl (C=O) groups is 2. The lowest BCUT2D eigenvalue weighted by atomic mass is 9.89. The molecular formula is C21H25N5O2. The Morgan fingerprint density at radius 3 is 2.89 bits per heavy atom. The second-order valence-corrected chi connectivity index (χ2v) is 8.24. The summed E-state index contributed by atoms with van der Waals surface area (Å²) in [6.45, 7) is 5.35. The van der Waals surface area contributed by atoms with Crippen molar-refractivity contribution < 1.29 is 9.59 Å². The molecule has 3 N–H and O–H groups in total. The van der Waals surface area contributed by atoms with Gasteiger partial charge in [0.05, 0.1) is 11.3 Å². The molecule has 2 fully saturated rings. The van der Waals surface area contributed by atoms with E-state index in [4.69, 9.17) is 0 Å². The number of hydrogen-bond acceptors (Lipinski definition) is 4. The van der Waals surface area contributed by atoms with E-state index in [2.05, 4.69) is 20.8 Å². The minimum Gasteiger partial charge on any atom is -0.362 e. The second kappa shape index (κ2) is 6.09. The number of H-pyrrole nitrogens is 1. The van der Waals surface area contributed by atoms with Gasteiger partial charge in [0.15, 0.2) is 0 Å². The van der Waals surface area contributed by atoms with Crippen molar-refractivity contribution in [2.75, 3.05) is 18.4 Å². The fourth-order valence-electron chi connectivity index (χ4n) is 5.27. The van der Waals surface area contributed by atoms with Crippen LogP contribution in [0.1, 0.15) is 51.9 Å². The van der Waals surface area contributed by atoms with Crippen molar-refractivity contribution in [1.82, 2.24) is 20.4 Å². The van der Waals surface area contributed by atoms with E-state index in [0.29, 0.717) is 23.7 Å². The highest BCUT2D eigenvalue weighted by atomic mass is 16.2. The predicted octanol–water partition coefficient (Wildman–Crippen LogP) is 2.31. The Morgan fingerprint density at radius 2 is 2.11 bits per heavy atom. The molecular weight excluding hydrogens is 354 g/mol. The van der Waals surface area contributed by atoms with Crippen LogP contribution in [0.15, 0.2) is 24.3 Å². The van der Waals surface area contributed by atoms with Gasteiger partial charge in [-0.25, -0.2) is 0 Å². The molecule has 7 heteroatoms. The summed E-state index contributed by atoms with van der Waals surface area (Å²) < 4.78 is 0. The number of hydrogen-bond donors (Lipinski definition) is 3. The maximum absolute atomic E-state index is 13.1. The van der Waals surface area contributed by atoms with Crippen molar-refractivity contribution in [3.05, 3.63) is 46.8 Å². The lowest BCUT2D eigenvalue weighted by Crippen LogP contribution is -2.61. The molecule has 5 rings (SSSR count). The summed E-state index contributed by atoms with van der Waals surface area (Å²) in [5.41, 5.74) is 3.57. The van der Waals surface area contributed by atoms with Crippen LogP contribution >= 0.6 is 0 Å². The average molecular weight is 379 g/mol. The van der Waals surface area contributed by atoms with Gasteiger partial charge in [-0.2, -0.15) is 5.10 Å². The molecule has 1 aliphatic carbocycles. The van der Waals surface area contributed by atoms with E-state index in [0.717, 1.165) is 42.8 Å². The Balaban J connectivity index is 1.40. The first-order valence-corrected chi connectivity index (χ1v) is 10.0. The van der Waals surface area contributed by atoms with Gasteiger partial charge in [0.25, 0.3) is 11.8 Å². The summed E-state index contributed by atoms with van der Waals surface area (Å²) >= 11 is 0. The number of fused-ring (bicyclic) bond motifs is 3. The topological polar surface area (TPSA) is 90.1 Å². The van der Waals surface area contributed by atoms with E-state index < -0.39 is 5.66 Å². The van der Waals surface area contributed by atoms with Crippen LogP contribution in [0, 0.1) is 18.8 Å². The largest absolute Gasteiger partial charge is 0.362 e. The van der Waals surface area contributed by atoms with Crippen LogP contribution in [0.4, 0.5) is 5.69 Å². The van der Waals surface area contributed by atoms with Gasteiger partial charge in [0.2, 0.25) is 0 Å². The predicted molar refractivity (Wildman–Crippen MR) is 105 cm³/mol. The van der Waals surface area contributed by atoms with Crippen LogP contribution in [0.5, 0.6) is 0 Å². The van der Waals surface area contributed by atoms with E-state index >= 15 is 0 Å². The number of nitrogens with zero attached hydrogens (tertiary/aromatic N) is 2. The molecule has 1 aromatic heterocycles. The lowest BCUT2D eigenvalue weighted by Gasteiger charge is -2.42. The number of aromatic nitrogens is 2. The maximum Gasteiger partial charge on any atom is 0.272 e. The van der Waals surface area contributed by atoms with Gasteiger partial charge >= 0.3 is 0 Å². The SMILES string of the molecule is CCc1n[nH]c(C(=O)N2C[C@H]3CC[C@]4(NC(=O)c5ccccc5N4)[C@H]3C2)c1C. The second-order valence-electron chi connectivity index (χ2n) is 8.24. The Morgan fingerprint density at radius 1 is 1.29 bits per heavy atom. The number of anilines is 1. The van der Waals surface area contributed by atoms with Gasteiger partial charge < -0.3 is 15.5 Å². The van der Waals surface area contributed by atoms with Crippen molar-refractivity contribution in [3.63, 3.8) is 0 Å². The zero-order valence-electron chi connectivity index (χ0n) is 16.2. The van der Waals surface area contributed by atoms with E-state index in [1.807, 2.05) is 43.0 Å². The molecule has 2 aliphatic heterocycles. The van der Waals surface area contributed by atoms with E-state index in [1.165, 1.54) is 0 Å². The first kappa shape index (κ1) is 17.3. The number of amides is 2. The molecule has 146 valence electrons. The maximum atomic E-state index is 13.1. The highest BCUT2D eigenvalue weighted by Crippen LogP contribution is 2.47. The van der Waals surface area contributed by atoms with Gasteiger partial charge in [-0.05, 0) is 44.2 Å². The van der Waals surface area contributed by atoms with Crippen molar-refractivity contribution in [2.45, 2.75) is 38.8 Å². The van der Waals surface area contributed by atoms with Gasteiger partial charge in [-0.3, -0.25) is 14.7 Å². The fourth-order valence-corrected chi connectivity index (χ4v) is 5.27. The minimum absolute atomic E-state index is 0.0109. The monoisotopic (exact) mass is 379 g/mol. The summed E-state index contributed by atoms with van der Waals surface area (Å²) in [5.74, 6) is 0.562. The average Bonchev–Trinajstić information content (AvgIpc) is 3.37. The van der Waals surface area contributed by atoms with E-state index in [9.17, 15) is 9.59 Å². The summed E-state index contributed by atoms with van der Waals surface area (Å²) in [6.07, 6.45) is 2.68. The molecule has 0 bridgehead atoms. The smallest absolute Gasteiger partial charge is 0.272 e. The normalized spacial score (nSPS) is 28.1. The summed E-state index contributed by atoms with van der Waals surface area (Å²) in [6, 6.07) is 7.62. The van der Waals surface area contributed by atoms with Gasteiger partial charge in [0.1, 0.15) is 11.4 Å². The van der Waals surface area contributed by atoms with E-state index in [1.54, 1.807) is 0 Å². The van der Waals surface area contributed by atoms with Gasteiger partial charge in [-0.1, -0.05) is 19.1 Å². The molecule has 28 heavy (non-hydrogen) atoms. The van der Waals surface area contributed by atoms with Crippen LogP contribution in [0.2, 0.25) is 0 Å². The number of para-hydroxylation sites is 1. The van der Waals surface area contributed by atoms with Crippen molar-refractivity contribution >= 4 is 17.5 Å². The van der Waals surface area contributed by atoms with Crippen molar-refractivity contribution in [2.24, 2.45) is 11.8 Å². The van der Waals surface area contributed by atoms with Crippen LogP contribution in [-0.4, -0.2) is 45.7 Å². The van der Waals surface area contributed by atoms with Crippen LogP contribution in [0.25, 0.3) is 0 Å². The molecule has 2 aromatic rings. The van der Waals surface area contributed by atoms with Crippen molar-refractivity contribution in [3.8, 4) is 0 Å². The van der Waals surface area contributed by atoms with Crippen molar-refractivity contribution in [1.29, 1.82) is 0 Å². The first-order chi connectivity index (χ1) is 13.5. The van der Waals surface area contributed by atoms with Gasteiger partial charge in [0, 0.05) is 30.3 Å². The minimum atomic E-state index is -0.470.